The largest absolute Gasteiger partial charge is 0.216 e. The van der Waals surface area contributed by atoms with E-state index in [-0.39, 0.29) is 12.3 Å². The van der Waals surface area contributed by atoms with Gasteiger partial charge in [0.05, 0.1) is 17.4 Å². The monoisotopic (exact) mass is 286 g/mol. The van der Waals surface area contributed by atoms with E-state index >= 15 is 0 Å². The smallest absolute Gasteiger partial charge is 0.212 e. The summed E-state index contributed by atoms with van der Waals surface area (Å²) >= 11 is 0. The van der Waals surface area contributed by atoms with Crippen molar-refractivity contribution in [3.8, 4) is 6.07 Å². The van der Waals surface area contributed by atoms with Crippen LogP contribution in [0.4, 0.5) is 0 Å². The molecule has 0 aliphatic carbocycles. The molecule has 0 aromatic heterocycles. The lowest BCUT2D eigenvalue weighted by molar-refractivity contribution is 0.580. The van der Waals surface area contributed by atoms with E-state index in [0.29, 0.717) is 11.1 Å². The normalized spacial score (nSPS) is 10.9. The first-order valence-electron chi connectivity index (χ1n) is 6.09. The van der Waals surface area contributed by atoms with Crippen molar-refractivity contribution in [2.75, 3.05) is 0 Å². The highest BCUT2D eigenvalue weighted by atomic mass is 32.2. The molecule has 0 fully saturated rings. The van der Waals surface area contributed by atoms with E-state index in [1.54, 1.807) is 24.3 Å². The van der Waals surface area contributed by atoms with E-state index in [4.69, 9.17) is 5.26 Å². The van der Waals surface area contributed by atoms with Crippen LogP contribution in [0.15, 0.2) is 54.6 Å². The zero-order valence-electron chi connectivity index (χ0n) is 10.8. The minimum atomic E-state index is -3.39. The molecule has 0 amide bonds. The van der Waals surface area contributed by atoms with Crippen LogP contribution in [-0.4, -0.2) is 8.42 Å². The van der Waals surface area contributed by atoms with Gasteiger partial charge in [-0.3, -0.25) is 0 Å². The van der Waals surface area contributed by atoms with Gasteiger partial charge < -0.3 is 0 Å². The van der Waals surface area contributed by atoms with E-state index in [0.717, 1.165) is 5.56 Å². The van der Waals surface area contributed by atoms with E-state index in [2.05, 4.69) is 4.72 Å². The minimum Gasteiger partial charge on any atom is -0.212 e. The Hall–Kier alpha value is -2.16. The first-order chi connectivity index (χ1) is 9.59. The summed E-state index contributed by atoms with van der Waals surface area (Å²) in [4.78, 5) is 0. The molecular formula is C15H14N2O2S. The second kappa shape index (κ2) is 6.33. The fourth-order valence-corrected chi connectivity index (χ4v) is 2.86. The molecule has 2 rings (SSSR count). The Kier molecular flexibility index (Phi) is 4.51. The summed E-state index contributed by atoms with van der Waals surface area (Å²) < 4.78 is 26.5. The molecule has 0 spiro atoms. The third kappa shape index (κ3) is 4.19. The second-order valence-corrected chi connectivity index (χ2v) is 6.18. The first kappa shape index (κ1) is 14.3. The third-order valence-electron chi connectivity index (χ3n) is 2.78. The molecule has 0 bridgehead atoms. The van der Waals surface area contributed by atoms with Gasteiger partial charge in [0.1, 0.15) is 0 Å². The standard InChI is InChI=1S/C15H14N2O2S/c16-10-13-6-8-15(9-7-13)12-20(18,19)17-11-14-4-2-1-3-5-14/h1-9,17H,11-12H2. The maximum atomic E-state index is 12.0. The molecule has 0 heterocycles. The van der Waals surface area contributed by atoms with Crippen molar-refractivity contribution in [3.05, 3.63) is 71.3 Å². The summed E-state index contributed by atoms with van der Waals surface area (Å²) in [5.74, 6) is -0.0917. The maximum Gasteiger partial charge on any atom is 0.216 e. The summed E-state index contributed by atoms with van der Waals surface area (Å²) in [5.41, 5.74) is 2.09. The van der Waals surface area contributed by atoms with Crippen molar-refractivity contribution < 1.29 is 8.42 Å². The molecule has 2 aromatic carbocycles. The van der Waals surface area contributed by atoms with Crippen LogP contribution in [0.1, 0.15) is 16.7 Å². The van der Waals surface area contributed by atoms with E-state index in [1.165, 1.54) is 0 Å². The number of benzene rings is 2. The Morgan fingerprint density at radius 1 is 0.950 bits per heavy atom. The van der Waals surface area contributed by atoms with E-state index in [9.17, 15) is 8.42 Å². The minimum absolute atomic E-state index is 0.0917. The van der Waals surface area contributed by atoms with Crippen LogP contribution < -0.4 is 4.72 Å². The number of nitriles is 1. The lowest BCUT2D eigenvalue weighted by Crippen LogP contribution is -2.24. The van der Waals surface area contributed by atoms with Crippen LogP contribution in [0.2, 0.25) is 0 Å². The fourth-order valence-electron chi connectivity index (χ4n) is 1.74. The Morgan fingerprint density at radius 3 is 2.20 bits per heavy atom. The highest BCUT2D eigenvalue weighted by Crippen LogP contribution is 2.08. The van der Waals surface area contributed by atoms with Gasteiger partial charge in [-0.2, -0.15) is 5.26 Å². The Labute approximate surface area is 118 Å². The summed E-state index contributed by atoms with van der Waals surface area (Å²) in [6, 6.07) is 17.9. The molecule has 1 N–H and O–H groups in total. The van der Waals surface area contributed by atoms with Gasteiger partial charge in [0.25, 0.3) is 0 Å². The topological polar surface area (TPSA) is 70.0 Å². The predicted molar refractivity (Wildman–Crippen MR) is 77.1 cm³/mol. The van der Waals surface area contributed by atoms with Crippen molar-refractivity contribution in [3.63, 3.8) is 0 Å². The van der Waals surface area contributed by atoms with Crippen LogP contribution >= 0.6 is 0 Å². The van der Waals surface area contributed by atoms with Crippen molar-refractivity contribution in [1.82, 2.24) is 4.72 Å². The zero-order valence-corrected chi connectivity index (χ0v) is 11.6. The third-order valence-corrected chi connectivity index (χ3v) is 4.08. The molecule has 0 saturated carbocycles. The molecule has 0 aliphatic heterocycles. The number of rotatable bonds is 5. The molecule has 4 nitrogen and oxygen atoms in total. The molecule has 2 aromatic rings. The first-order valence-corrected chi connectivity index (χ1v) is 7.74. The Morgan fingerprint density at radius 2 is 1.60 bits per heavy atom. The van der Waals surface area contributed by atoms with Gasteiger partial charge in [-0.1, -0.05) is 42.5 Å². The quantitative estimate of drug-likeness (QED) is 0.915. The average Bonchev–Trinajstić information content (AvgIpc) is 2.47. The van der Waals surface area contributed by atoms with Crippen LogP contribution in [0, 0.1) is 11.3 Å². The maximum absolute atomic E-state index is 12.0. The van der Waals surface area contributed by atoms with E-state index < -0.39 is 10.0 Å². The molecule has 0 saturated heterocycles. The lowest BCUT2D eigenvalue weighted by Gasteiger charge is -2.07. The van der Waals surface area contributed by atoms with Gasteiger partial charge in [0.2, 0.25) is 10.0 Å². The van der Waals surface area contributed by atoms with Gasteiger partial charge in [0.15, 0.2) is 0 Å². The van der Waals surface area contributed by atoms with Gasteiger partial charge in [-0.25, -0.2) is 13.1 Å². The molecule has 20 heavy (non-hydrogen) atoms. The number of nitrogens with zero attached hydrogens (tertiary/aromatic N) is 1. The van der Waals surface area contributed by atoms with Crippen LogP contribution in [0.5, 0.6) is 0 Å². The zero-order chi connectivity index (χ0) is 14.4. The summed E-state index contributed by atoms with van der Waals surface area (Å²) in [6.45, 7) is 0.277. The number of sulfonamides is 1. The molecule has 0 atom stereocenters. The molecular weight excluding hydrogens is 272 g/mol. The molecule has 0 aliphatic rings. The van der Waals surface area contributed by atoms with E-state index in [1.807, 2.05) is 36.4 Å². The average molecular weight is 286 g/mol. The van der Waals surface area contributed by atoms with Gasteiger partial charge in [-0.15, -0.1) is 0 Å². The number of hydrogen-bond donors (Lipinski definition) is 1. The molecule has 5 heteroatoms. The van der Waals surface area contributed by atoms with Gasteiger partial charge in [0, 0.05) is 6.54 Å². The summed E-state index contributed by atoms with van der Waals surface area (Å²) in [7, 11) is -3.39. The highest BCUT2D eigenvalue weighted by Gasteiger charge is 2.11. The Balaban J connectivity index is 1.98. The van der Waals surface area contributed by atoms with Crippen LogP contribution in [0.3, 0.4) is 0 Å². The lowest BCUT2D eigenvalue weighted by atomic mass is 10.2. The second-order valence-electron chi connectivity index (χ2n) is 4.37. The number of nitrogens with one attached hydrogen (secondary N) is 1. The van der Waals surface area contributed by atoms with Crippen LogP contribution in [-0.2, 0) is 22.3 Å². The summed E-state index contributed by atoms with van der Waals surface area (Å²) in [5, 5.41) is 8.69. The SMILES string of the molecule is N#Cc1ccc(CS(=O)(=O)NCc2ccccc2)cc1. The van der Waals surface area contributed by atoms with Crippen molar-refractivity contribution in [1.29, 1.82) is 5.26 Å². The van der Waals surface area contributed by atoms with Crippen molar-refractivity contribution in [2.24, 2.45) is 0 Å². The molecule has 102 valence electrons. The summed E-state index contributed by atoms with van der Waals surface area (Å²) in [6.07, 6.45) is 0. The Bertz CT molecular complexity index is 702. The number of hydrogen-bond acceptors (Lipinski definition) is 3. The van der Waals surface area contributed by atoms with Gasteiger partial charge >= 0.3 is 0 Å². The molecule has 0 unspecified atom stereocenters. The predicted octanol–water partition coefficient (Wildman–Crippen LogP) is 2.18. The highest BCUT2D eigenvalue weighted by molar-refractivity contribution is 7.88. The van der Waals surface area contributed by atoms with Gasteiger partial charge in [-0.05, 0) is 23.3 Å². The molecule has 0 radical (unpaired) electrons. The van der Waals surface area contributed by atoms with Crippen molar-refractivity contribution >= 4 is 10.0 Å². The fraction of sp³-hybridized carbons (Fsp3) is 0.133. The van der Waals surface area contributed by atoms with Crippen LogP contribution in [0.25, 0.3) is 0 Å². The van der Waals surface area contributed by atoms with Crippen molar-refractivity contribution in [2.45, 2.75) is 12.3 Å².